The van der Waals surface area contributed by atoms with Crippen molar-refractivity contribution in [3.8, 4) is 0 Å². The highest BCUT2D eigenvalue weighted by atomic mass is 35.5. The van der Waals surface area contributed by atoms with Gasteiger partial charge in [0.1, 0.15) is 5.82 Å². The average Bonchev–Trinajstić information content (AvgIpc) is 2.97. The van der Waals surface area contributed by atoms with E-state index in [1.165, 1.54) is 29.3 Å². The van der Waals surface area contributed by atoms with Gasteiger partial charge in [0, 0.05) is 19.9 Å². The van der Waals surface area contributed by atoms with Gasteiger partial charge in [-0.15, -0.1) is 10.2 Å². The van der Waals surface area contributed by atoms with Gasteiger partial charge in [-0.2, -0.15) is 0 Å². The van der Waals surface area contributed by atoms with Crippen LogP contribution in [0.2, 0.25) is 5.02 Å². The number of aromatic nitrogens is 3. The van der Waals surface area contributed by atoms with Gasteiger partial charge in [-0.3, -0.25) is 4.79 Å². The highest BCUT2D eigenvalue weighted by Crippen LogP contribution is 2.29. The number of ether oxygens (including phenoxy) is 1. The van der Waals surface area contributed by atoms with E-state index in [0.29, 0.717) is 29.1 Å². The molecule has 0 fully saturated rings. The molecule has 10 heteroatoms. The fourth-order valence-electron chi connectivity index (χ4n) is 1.47. The summed E-state index contributed by atoms with van der Waals surface area (Å²) in [6.07, 6.45) is 1.48. The van der Waals surface area contributed by atoms with Gasteiger partial charge in [0.25, 0.3) is 0 Å². The van der Waals surface area contributed by atoms with Gasteiger partial charge in [0.05, 0.1) is 16.9 Å². The van der Waals surface area contributed by atoms with Gasteiger partial charge in [-0.25, -0.2) is 4.98 Å². The molecule has 0 unspecified atom stereocenters. The number of methoxy groups -OCH3 is 1. The number of halogens is 1. The van der Waals surface area contributed by atoms with Crippen molar-refractivity contribution in [3.63, 3.8) is 0 Å². The minimum atomic E-state index is -0.327. The first kappa shape index (κ1) is 17.9. The molecule has 0 spiro atoms. The molecule has 1 amide bonds. The second kappa shape index (κ2) is 9.02. The topological polar surface area (TPSA) is 89.0 Å². The van der Waals surface area contributed by atoms with Crippen LogP contribution >= 0.6 is 34.7 Å². The Morgan fingerprint density at radius 2 is 2.30 bits per heavy atom. The van der Waals surface area contributed by atoms with Crippen molar-refractivity contribution in [2.75, 3.05) is 30.9 Å². The lowest BCUT2D eigenvalue weighted by Gasteiger charge is -2.09. The van der Waals surface area contributed by atoms with Crippen LogP contribution in [0.3, 0.4) is 0 Å². The first-order valence-electron chi connectivity index (χ1n) is 6.74. The van der Waals surface area contributed by atoms with Crippen LogP contribution in [-0.4, -0.2) is 46.6 Å². The molecule has 1 atom stereocenters. The molecular weight excluding hydrogens is 358 g/mol. The second-order valence-corrected chi connectivity index (χ2v) is 7.41. The highest BCUT2D eigenvalue weighted by Gasteiger charge is 2.17. The Morgan fingerprint density at radius 1 is 1.48 bits per heavy atom. The molecule has 0 aromatic carbocycles. The van der Waals surface area contributed by atoms with Crippen molar-refractivity contribution in [1.82, 2.24) is 15.2 Å². The number of rotatable bonds is 8. The number of pyridine rings is 1. The molecule has 0 radical (unpaired) electrons. The summed E-state index contributed by atoms with van der Waals surface area (Å²) in [6.45, 7) is 3.05. The van der Waals surface area contributed by atoms with Crippen LogP contribution in [0.15, 0.2) is 22.7 Å². The minimum Gasteiger partial charge on any atom is -0.383 e. The van der Waals surface area contributed by atoms with E-state index < -0.39 is 0 Å². The third kappa shape index (κ3) is 5.94. The van der Waals surface area contributed by atoms with Gasteiger partial charge in [-0.1, -0.05) is 34.7 Å². The van der Waals surface area contributed by atoms with Gasteiger partial charge in [0.2, 0.25) is 11.0 Å². The number of carbonyl (C=O) groups is 1. The Morgan fingerprint density at radius 3 is 3.00 bits per heavy atom. The molecule has 2 N–H and O–H groups in total. The number of anilines is 2. The largest absolute Gasteiger partial charge is 0.383 e. The molecule has 0 aliphatic carbocycles. The third-order valence-electron chi connectivity index (χ3n) is 2.61. The van der Waals surface area contributed by atoms with Crippen LogP contribution < -0.4 is 10.6 Å². The van der Waals surface area contributed by atoms with Crippen molar-refractivity contribution < 1.29 is 9.53 Å². The molecule has 2 aromatic rings. The van der Waals surface area contributed by atoms with Crippen LogP contribution in [0.25, 0.3) is 0 Å². The summed E-state index contributed by atoms with van der Waals surface area (Å²) in [5.74, 6) is 0.306. The van der Waals surface area contributed by atoms with E-state index in [1.807, 2.05) is 0 Å². The van der Waals surface area contributed by atoms with Crippen molar-refractivity contribution in [2.45, 2.75) is 16.5 Å². The third-order valence-corrected chi connectivity index (χ3v) is 4.90. The maximum absolute atomic E-state index is 12.1. The summed E-state index contributed by atoms with van der Waals surface area (Å²) >= 11 is 8.50. The van der Waals surface area contributed by atoms with Crippen LogP contribution in [0, 0.1) is 0 Å². The smallest absolute Gasteiger partial charge is 0.238 e. The van der Waals surface area contributed by atoms with E-state index in [2.05, 4.69) is 25.8 Å². The molecular formula is C13H16ClN5O2S2. The summed E-state index contributed by atoms with van der Waals surface area (Å²) in [6, 6.07) is 3.32. The number of hydrogen-bond acceptors (Lipinski definition) is 8. The monoisotopic (exact) mass is 373 g/mol. The molecule has 124 valence electrons. The van der Waals surface area contributed by atoms with Gasteiger partial charge < -0.3 is 15.4 Å². The Balaban J connectivity index is 1.84. The summed E-state index contributed by atoms with van der Waals surface area (Å²) < 4.78 is 5.67. The number of nitrogens with one attached hydrogen (secondary N) is 2. The van der Waals surface area contributed by atoms with Crippen LogP contribution in [-0.2, 0) is 9.53 Å². The summed E-state index contributed by atoms with van der Waals surface area (Å²) in [5.41, 5.74) is 0. The molecule has 0 saturated heterocycles. The van der Waals surface area contributed by atoms with E-state index in [4.69, 9.17) is 16.3 Å². The summed E-state index contributed by atoms with van der Waals surface area (Å²) in [5, 5.41) is 14.8. The zero-order valence-corrected chi connectivity index (χ0v) is 15.0. The molecule has 2 aromatic heterocycles. The first-order chi connectivity index (χ1) is 11.1. The summed E-state index contributed by atoms with van der Waals surface area (Å²) in [7, 11) is 1.64. The summed E-state index contributed by atoms with van der Waals surface area (Å²) in [4.78, 5) is 16.2. The zero-order chi connectivity index (χ0) is 16.7. The number of nitrogens with zero attached hydrogens (tertiary/aromatic N) is 3. The molecule has 2 heterocycles. The fourth-order valence-corrected chi connectivity index (χ4v) is 3.50. The molecule has 0 aliphatic heterocycles. The Kier molecular flexibility index (Phi) is 7.03. The van der Waals surface area contributed by atoms with Crippen LogP contribution in [0.5, 0.6) is 0 Å². The van der Waals surface area contributed by atoms with Crippen molar-refractivity contribution in [2.24, 2.45) is 0 Å². The normalized spacial score (nSPS) is 12.0. The lowest BCUT2D eigenvalue weighted by Crippen LogP contribution is -2.22. The van der Waals surface area contributed by atoms with E-state index in [-0.39, 0.29) is 11.2 Å². The van der Waals surface area contributed by atoms with E-state index in [0.717, 1.165) is 4.34 Å². The zero-order valence-electron chi connectivity index (χ0n) is 12.6. The highest BCUT2D eigenvalue weighted by molar-refractivity contribution is 8.02. The maximum atomic E-state index is 12.1. The first-order valence-corrected chi connectivity index (χ1v) is 8.81. The van der Waals surface area contributed by atoms with E-state index in [9.17, 15) is 4.79 Å². The van der Waals surface area contributed by atoms with Crippen molar-refractivity contribution in [1.29, 1.82) is 0 Å². The molecule has 23 heavy (non-hydrogen) atoms. The van der Waals surface area contributed by atoms with Crippen molar-refractivity contribution in [3.05, 3.63) is 23.4 Å². The fraction of sp³-hybridized carbons (Fsp3) is 0.385. The average molecular weight is 374 g/mol. The molecule has 2 rings (SSSR count). The number of carbonyl (C=O) groups excluding carboxylic acids is 1. The van der Waals surface area contributed by atoms with Gasteiger partial charge in [0.15, 0.2) is 4.34 Å². The Labute approximate surface area is 147 Å². The molecule has 0 bridgehead atoms. The Bertz CT molecular complexity index is 638. The molecule has 0 saturated carbocycles. The predicted molar refractivity (Wildman–Crippen MR) is 93.5 cm³/mol. The number of amides is 1. The predicted octanol–water partition coefficient (Wildman–Crippen LogP) is 2.76. The second-order valence-electron chi connectivity index (χ2n) is 4.40. The lowest BCUT2D eigenvalue weighted by atomic mass is 10.4. The van der Waals surface area contributed by atoms with Gasteiger partial charge in [-0.05, 0) is 19.1 Å². The van der Waals surface area contributed by atoms with Crippen LogP contribution in [0.1, 0.15) is 6.92 Å². The van der Waals surface area contributed by atoms with Crippen LogP contribution in [0.4, 0.5) is 10.9 Å². The lowest BCUT2D eigenvalue weighted by molar-refractivity contribution is -0.115. The quantitative estimate of drug-likeness (QED) is 0.543. The van der Waals surface area contributed by atoms with E-state index in [1.54, 1.807) is 26.2 Å². The molecule has 0 aliphatic rings. The van der Waals surface area contributed by atoms with E-state index >= 15 is 0 Å². The van der Waals surface area contributed by atoms with Gasteiger partial charge >= 0.3 is 0 Å². The van der Waals surface area contributed by atoms with Crippen molar-refractivity contribution >= 4 is 51.6 Å². The Hall–Kier alpha value is -1.42. The number of thioether (sulfide) groups is 1. The number of hydrogen-bond donors (Lipinski definition) is 2. The molecule has 7 nitrogen and oxygen atoms in total. The minimum absolute atomic E-state index is 0.158. The SMILES string of the molecule is COCCNc1nnc(S[C@@H](C)C(=O)Nc2ccc(Cl)cn2)s1. The standard InChI is InChI=1S/C13H16ClN5O2S2/c1-8(11(20)17-10-4-3-9(14)7-16-10)22-13-19-18-12(23-13)15-5-6-21-2/h3-4,7-8H,5-6H2,1-2H3,(H,15,18)(H,16,17,20)/t8-/m0/s1. The maximum Gasteiger partial charge on any atom is 0.238 e.